The summed E-state index contributed by atoms with van der Waals surface area (Å²) in [5.74, 6) is 0.296. The lowest BCUT2D eigenvalue weighted by molar-refractivity contribution is 0.0377. The monoisotopic (exact) mass is 528 g/mol. The molecule has 4 aromatic rings. The number of ether oxygens (including phenoxy) is 1. The van der Waals surface area contributed by atoms with E-state index in [-0.39, 0.29) is 29.5 Å². The summed E-state index contributed by atoms with van der Waals surface area (Å²) in [7, 11) is 0. The van der Waals surface area contributed by atoms with E-state index in [2.05, 4.69) is 5.32 Å². The first kappa shape index (κ1) is 26.4. The third-order valence-corrected chi connectivity index (χ3v) is 7.07. The summed E-state index contributed by atoms with van der Waals surface area (Å²) in [6.45, 7) is 5.37. The van der Waals surface area contributed by atoms with E-state index in [1.54, 1.807) is 6.07 Å². The molecule has 0 spiro atoms. The van der Waals surface area contributed by atoms with Crippen LogP contribution in [-0.4, -0.2) is 28.0 Å². The lowest BCUT2D eigenvalue weighted by Crippen LogP contribution is -2.52. The number of carbonyl (C=O) groups excluding carboxylic acids is 1. The van der Waals surface area contributed by atoms with E-state index in [4.69, 9.17) is 9.15 Å². The fourth-order valence-electron chi connectivity index (χ4n) is 5.03. The van der Waals surface area contributed by atoms with Gasteiger partial charge in [0, 0.05) is 18.3 Å². The van der Waals surface area contributed by atoms with E-state index in [1.165, 1.54) is 10.8 Å². The van der Waals surface area contributed by atoms with Gasteiger partial charge in [-0.2, -0.15) is 0 Å². The van der Waals surface area contributed by atoms with Crippen molar-refractivity contribution in [1.82, 2.24) is 9.88 Å². The van der Waals surface area contributed by atoms with Crippen LogP contribution >= 0.6 is 0 Å². The standard InChI is InChI=1S/C31H32N2O6/c1-30(2,3)39-29(37)32-31(15-7-16-31)22-12-10-20(11-13-22)24-25(35)23-14-17-33(18-19-34)28(36)27(23)38-26(24)21-8-5-4-6-9-21/h4-6,8-14,17,34H,7,15-16,18-19H2,1-3H3,(H,32,37). The summed E-state index contributed by atoms with van der Waals surface area (Å²) in [5, 5.41) is 12.5. The van der Waals surface area contributed by atoms with E-state index in [1.807, 2.05) is 75.4 Å². The van der Waals surface area contributed by atoms with E-state index in [0.717, 1.165) is 24.8 Å². The Bertz CT molecular complexity index is 1620. The minimum Gasteiger partial charge on any atom is -0.449 e. The molecular formula is C31H32N2O6. The van der Waals surface area contributed by atoms with Gasteiger partial charge < -0.3 is 24.1 Å². The SMILES string of the molecule is CC(C)(C)OC(=O)NC1(c2ccc(-c3c(-c4ccccc4)oc4c(=O)n(CCO)ccc4c3=O)cc2)CCC1. The molecule has 0 saturated heterocycles. The lowest BCUT2D eigenvalue weighted by atomic mass is 9.71. The second kappa shape index (κ2) is 10.2. The van der Waals surface area contributed by atoms with Crippen molar-refractivity contribution in [3.05, 3.63) is 93.0 Å². The van der Waals surface area contributed by atoms with Crippen molar-refractivity contribution in [3.8, 4) is 22.5 Å². The largest absolute Gasteiger partial charge is 0.449 e. The van der Waals surface area contributed by atoms with Gasteiger partial charge in [0.25, 0.3) is 5.56 Å². The number of rotatable bonds is 6. The van der Waals surface area contributed by atoms with E-state index in [9.17, 15) is 19.5 Å². The highest BCUT2D eigenvalue weighted by Crippen LogP contribution is 2.42. The number of benzene rings is 2. The maximum absolute atomic E-state index is 13.8. The molecule has 2 heterocycles. The van der Waals surface area contributed by atoms with Gasteiger partial charge in [0.15, 0.2) is 0 Å². The Kier molecular flexibility index (Phi) is 6.91. The Morgan fingerprint density at radius 2 is 1.72 bits per heavy atom. The molecule has 0 aliphatic heterocycles. The molecular weight excluding hydrogens is 496 g/mol. The van der Waals surface area contributed by atoms with Crippen LogP contribution in [0.4, 0.5) is 4.79 Å². The molecule has 8 heteroatoms. The van der Waals surface area contributed by atoms with Gasteiger partial charge in [0.2, 0.25) is 11.0 Å². The summed E-state index contributed by atoms with van der Waals surface area (Å²) in [6.07, 6.45) is 3.60. The van der Waals surface area contributed by atoms with Crippen molar-refractivity contribution in [2.24, 2.45) is 0 Å². The molecule has 2 aromatic heterocycles. The molecule has 0 atom stereocenters. The van der Waals surface area contributed by atoms with Crippen molar-refractivity contribution < 1.29 is 19.1 Å². The van der Waals surface area contributed by atoms with Gasteiger partial charge >= 0.3 is 6.09 Å². The topological polar surface area (TPSA) is 111 Å². The Morgan fingerprint density at radius 3 is 2.31 bits per heavy atom. The predicted molar refractivity (Wildman–Crippen MR) is 150 cm³/mol. The van der Waals surface area contributed by atoms with Gasteiger partial charge in [-0.25, -0.2) is 4.79 Å². The number of aliphatic hydroxyl groups is 1. The quantitative estimate of drug-likeness (QED) is 0.357. The highest BCUT2D eigenvalue weighted by molar-refractivity contribution is 5.88. The first-order valence-corrected chi connectivity index (χ1v) is 13.1. The van der Waals surface area contributed by atoms with Crippen LogP contribution in [0.1, 0.15) is 45.6 Å². The second-order valence-corrected chi connectivity index (χ2v) is 10.9. The van der Waals surface area contributed by atoms with E-state index in [0.29, 0.717) is 22.5 Å². The number of hydrogen-bond donors (Lipinski definition) is 2. The molecule has 1 aliphatic carbocycles. The second-order valence-electron chi connectivity index (χ2n) is 10.9. The number of amides is 1. The Labute approximate surface area is 225 Å². The summed E-state index contributed by atoms with van der Waals surface area (Å²) in [6, 6.07) is 18.3. The Balaban J connectivity index is 1.60. The molecule has 5 rings (SSSR count). The molecule has 2 aromatic carbocycles. The highest BCUT2D eigenvalue weighted by Gasteiger charge is 2.41. The van der Waals surface area contributed by atoms with Crippen LogP contribution in [0.15, 0.2) is 80.9 Å². The van der Waals surface area contributed by atoms with Crippen LogP contribution in [0.2, 0.25) is 0 Å². The average molecular weight is 529 g/mol. The van der Waals surface area contributed by atoms with Gasteiger partial charge in [-0.1, -0.05) is 54.6 Å². The number of carbonyl (C=O) groups is 1. The number of aliphatic hydroxyl groups excluding tert-OH is 1. The molecule has 0 bridgehead atoms. The molecule has 202 valence electrons. The summed E-state index contributed by atoms with van der Waals surface area (Å²) in [4.78, 5) is 39.5. The van der Waals surface area contributed by atoms with Crippen molar-refractivity contribution in [2.45, 2.75) is 57.7 Å². The van der Waals surface area contributed by atoms with E-state index < -0.39 is 22.8 Å². The van der Waals surface area contributed by atoms with Crippen LogP contribution in [0.25, 0.3) is 33.4 Å². The van der Waals surface area contributed by atoms with Crippen LogP contribution in [-0.2, 0) is 16.8 Å². The van der Waals surface area contributed by atoms with Gasteiger partial charge in [-0.05, 0) is 57.2 Å². The van der Waals surface area contributed by atoms with Gasteiger partial charge in [0.05, 0.1) is 23.1 Å². The van der Waals surface area contributed by atoms with Crippen LogP contribution in [0, 0.1) is 0 Å². The van der Waals surface area contributed by atoms with Gasteiger partial charge in [-0.15, -0.1) is 0 Å². The zero-order valence-corrected chi connectivity index (χ0v) is 22.3. The third-order valence-electron chi connectivity index (χ3n) is 7.07. The number of fused-ring (bicyclic) bond motifs is 1. The molecule has 0 radical (unpaired) electrons. The van der Waals surface area contributed by atoms with Crippen molar-refractivity contribution in [1.29, 1.82) is 0 Å². The van der Waals surface area contributed by atoms with Crippen LogP contribution in [0.3, 0.4) is 0 Å². The Hall–Kier alpha value is -4.17. The maximum atomic E-state index is 13.8. The van der Waals surface area contributed by atoms with E-state index >= 15 is 0 Å². The molecule has 1 aliphatic rings. The molecule has 8 nitrogen and oxygen atoms in total. The molecule has 1 amide bonds. The summed E-state index contributed by atoms with van der Waals surface area (Å²) >= 11 is 0. The molecule has 0 unspecified atom stereocenters. The van der Waals surface area contributed by atoms with Gasteiger partial charge in [0.1, 0.15) is 11.4 Å². The molecule has 1 saturated carbocycles. The maximum Gasteiger partial charge on any atom is 0.408 e. The zero-order valence-electron chi connectivity index (χ0n) is 22.3. The van der Waals surface area contributed by atoms with Crippen molar-refractivity contribution >= 4 is 17.1 Å². The minimum atomic E-state index is -0.599. The number of alkyl carbamates (subject to hydrolysis) is 1. The molecule has 1 fully saturated rings. The van der Waals surface area contributed by atoms with Crippen molar-refractivity contribution in [3.63, 3.8) is 0 Å². The van der Waals surface area contributed by atoms with Crippen molar-refractivity contribution in [2.75, 3.05) is 6.61 Å². The lowest BCUT2D eigenvalue weighted by Gasteiger charge is -2.43. The molecule has 2 N–H and O–H groups in total. The minimum absolute atomic E-state index is 0.0508. The fraction of sp³-hybridized carbons (Fsp3) is 0.323. The number of aromatic nitrogens is 1. The van der Waals surface area contributed by atoms with Crippen LogP contribution in [0.5, 0.6) is 0 Å². The third kappa shape index (κ3) is 5.12. The summed E-state index contributed by atoms with van der Waals surface area (Å²) < 4.78 is 13.0. The first-order chi connectivity index (χ1) is 18.6. The normalized spacial score (nSPS) is 14.6. The number of nitrogens with one attached hydrogen (secondary N) is 1. The predicted octanol–water partition coefficient (Wildman–Crippen LogP) is 5.18. The smallest absolute Gasteiger partial charge is 0.408 e. The van der Waals surface area contributed by atoms with Gasteiger partial charge in [-0.3, -0.25) is 9.59 Å². The average Bonchev–Trinajstić information content (AvgIpc) is 2.88. The number of nitrogens with zero attached hydrogens (tertiary/aromatic N) is 1. The Morgan fingerprint density at radius 1 is 1.03 bits per heavy atom. The highest BCUT2D eigenvalue weighted by atomic mass is 16.6. The fourth-order valence-corrected chi connectivity index (χ4v) is 5.03. The first-order valence-electron chi connectivity index (χ1n) is 13.1. The summed E-state index contributed by atoms with van der Waals surface area (Å²) in [5.41, 5.74) is 0.620. The molecule has 39 heavy (non-hydrogen) atoms. The number of hydrogen-bond acceptors (Lipinski definition) is 6. The zero-order chi connectivity index (χ0) is 27.8. The number of pyridine rings is 1. The van der Waals surface area contributed by atoms with Crippen LogP contribution < -0.4 is 16.3 Å².